The van der Waals surface area contributed by atoms with Crippen LogP contribution in [0.3, 0.4) is 0 Å². The number of benzene rings is 2. The maximum Gasteiger partial charge on any atom is 0.346 e. The number of esters is 1. The molecule has 34 heavy (non-hydrogen) atoms. The molecule has 0 radical (unpaired) electrons. The zero-order valence-electron chi connectivity index (χ0n) is 19.3. The number of rotatable bonds is 9. The van der Waals surface area contributed by atoms with E-state index in [2.05, 4.69) is 26.0 Å². The molecule has 0 unspecified atom stereocenters. The molecule has 0 bridgehead atoms. The number of methoxy groups -OCH3 is 1. The van der Waals surface area contributed by atoms with Gasteiger partial charge in [0.25, 0.3) is 5.56 Å². The van der Waals surface area contributed by atoms with E-state index in [0.717, 1.165) is 10.9 Å². The van der Waals surface area contributed by atoms with Gasteiger partial charge in [-0.05, 0) is 56.2 Å². The minimum Gasteiger partial charge on any atom is -0.490 e. The van der Waals surface area contributed by atoms with Crippen LogP contribution in [0.1, 0.15) is 38.6 Å². The molecule has 3 aromatic rings. The highest BCUT2D eigenvalue weighted by molar-refractivity contribution is 9.10. The van der Waals surface area contributed by atoms with Gasteiger partial charge in [-0.3, -0.25) is 4.79 Å². The molecule has 0 saturated heterocycles. The summed E-state index contributed by atoms with van der Waals surface area (Å²) in [6, 6.07) is 8.66. The van der Waals surface area contributed by atoms with E-state index in [1.807, 2.05) is 19.9 Å². The van der Waals surface area contributed by atoms with Crippen molar-refractivity contribution < 1.29 is 19.0 Å². The average molecular weight is 551 g/mol. The third-order valence-electron chi connectivity index (χ3n) is 4.83. The quantitative estimate of drug-likeness (QED) is 0.275. The molecular weight excluding hydrogens is 526 g/mol. The summed E-state index contributed by atoms with van der Waals surface area (Å²) in [5, 5.41) is 5.11. The van der Waals surface area contributed by atoms with Crippen LogP contribution in [0.25, 0.3) is 10.9 Å². The molecule has 0 aliphatic carbocycles. The zero-order valence-corrected chi connectivity index (χ0v) is 21.6. The molecule has 0 fully saturated rings. The van der Waals surface area contributed by atoms with E-state index in [0.29, 0.717) is 41.1 Å². The number of carbonyl (C=O) groups excluding carboxylic acids is 1. The summed E-state index contributed by atoms with van der Waals surface area (Å²) in [7, 11) is 1.28. The van der Waals surface area contributed by atoms with Crippen LogP contribution in [0.2, 0.25) is 5.02 Å². The lowest BCUT2D eigenvalue weighted by molar-refractivity contribution is -0.147. The third kappa shape index (κ3) is 5.77. The Bertz CT molecular complexity index is 1290. The lowest BCUT2D eigenvalue weighted by Crippen LogP contribution is -2.25. The van der Waals surface area contributed by atoms with Crippen LogP contribution < -0.4 is 15.0 Å². The number of aromatic nitrogens is 2. The highest BCUT2D eigenvalue weighted by Gasteiger charge is 2.20. The van der Waals surface area contributed by atoms with Crippen molar-refractivity contribution in [1.29, 1.82) is 0 Å². The Morgan fingerprint density at radius 1 is 1.29 bits per heavy atom. The molecular formula is C24H25BrClN3O5. The predicted molar refractivity (Wildman–Crippen MR) is 135 cm³/mol. The van der Waals surface area contributed by atoms with Crippen LogP contribution >= 0.6 is 27.5 Å². The number of ether oxygens (including phenoxy) is 3. The van der Waals surface area contributed by atoms with Crippen molar-refractivity contribution in [2.75, 3.05) is 13.7 Å². The van der Waals surface area contributed by atoms with Gasteiger partial charge in [0.1, 0.15) is 5.82 Å². The summed E-state index contributed by atoms with van der Waals surface area (Å²) in [5.74, 6) is 0.581. The van der Waals surface area contributed by atoms with Gasteiger partial charge in [-0.15, -0.1) is 0 Å². The number of hydrogen-bond donors (Lipinski definition) is 0. The molecule has 3 rings (SSSR count). The highest BCUT2D eigenvalue weighted by atomic mass is 79.9. The summed E-state index contributed by atoms with van der Waals surface area (Å²) in [6.45, 7) is 5.73. The second kappa shape index (κ2) is 11.5. The van der Waals surface area contributed by atoms with Gasteiger partial charge >= 0.3 is 5.97 Å². The van der Waals surface area contributed by atoms with Crippen molar-refractivity contribution in [1.82, 2.24) is 9.66 Å². The molecule has 0 amide bonds. The molecule has 1 aromatic heterocycles. The van der Waals surface area contributed by atoms with Crippen LogP contribution in [-0.4, -0.2) is 41.7 Å². The molecule has 8 nitrogen and oxygen atoms in total. The van der Waals surface area contributed by atoms with E-state index in [1.54, 1.807) is 31.2 Å². The molecule has 10 heteroatoms. The fourth-order valence-electron chi connectivity index (χ4n) is 3.25. The second-order valence-corrected chi connectivity index (χ2v) is 8.67. The molecule has 1 heterocycles. The van der Waals surface area contributed by atoms with E-state index < -0.39 is 12.1 Å². The molecule has 1 atom stereocenters. The minimum absolute atomic E-state index is 0.222. The molecule has 2 aromatic carbocycles. The van der Waals surface area contributed by atoms with Crippen molar-refractivity contribution in [3.05, 3.63) is 61.6 Å². The number of carbonyl (C=O) groups is 1. The Morgan fingerprint density at radius 2 is 2.06 bits per heavy atom. The molecule has 0 aliphatic rings. The van der Waals surface area contributed by atoms with Gasteiger partial charge in [-0.2, -0.15) is 9.78 Å². The number of hydrogen-bond acceptors (Lipinski definition) is 7. The zero-order chi connectivity index (χ0) is 24.8. The summed E-state index contributed by atoms with van der Waals surface area (Å²) in [5.41, 5.74) is 0.926. The number of aryl methyl sites for hydroxylation is 1. The Labute approximate surface area is 210 Å². The fraction of sp³-hybridized carbons (Fsp3) is 0.333. The maximum absolute atomic E-state index is 13.2. The molecule has 0 N–H and O–H groups in total. The van der Waals surface area contributed by atoms with Gasteiger partial charge in [-0.1, -0.05) is 34.5 Å². The van der Waals surface area contributed by atoms with Crippen molar-refractivity contribution >= 4 is 50.6 Å². The van der Waals surface area contributed by atoms with E-state index in [4.69, 9.17) is 25.8 Å². The van der Waals surface area contributed by atoms with E-state index in [9.17, 15) is 9.59 Å². The van der Waals surface area contributed by atoms with Crippen LogP contribution in [0.5, 0.6) is 11.5 Å². The first-order chi connectivity index (χ1) is 16.3. The van der Waals surface area contributed by atoms with Gasteiger partial charge in [0, 0.05) is 10.9 Å². The topological polar surface area (TPSA) is 92.0 Å². The largest absolute Gasteiger partial charge is 0.490 e. The van der Waals surface area contributed by atoms with E-state index in [1.165, 1.54) is 18.0 Å². The van der Waals surface area contributed by atoms with Gasteiger partial charge in [0.05, 0.1) is 35.9 Å². The summed E-state index contributed by atoms with van der Waals surface area (Å²) < 4.78 is 18.1. The Kier molecular flexibility index (Phi) is 8.68. The lowest BCUT2D eigenvalue weighted by Gasteiger charge is -2.17. The number of halogens is 2. The van der Waals surface area contributed by atoms with E-state index >= 15 is 0 Å². The van der Waals surface area contributed by atoms with Crippen LogP contribution in [0.15, 0.2) is 44.7 Å². The fourth-order valence-corrected chi connectivity index (χ4v) is 3.88. The minimum atomic E-state index is -0.876. The second-order valence-electron chi connectivity index (χ2n) is 7.35. The molecule has 0 aliphatic heterocycles. The maximum atomic E-state index is 13.2. The van der Waals surface area contributed by atoms with Crippen LogP contribution in [0.4, 0.5) is 0 Å². The summed E-state index contributed by atoms with van der Waals surface area (Å²) in [4.78, 5) is 29.6. The third-order valence-corrected chi connectivity index (χ3v) is 5.60. The first-order valence-corrected chi connectivity index (χ1v) is 11.9. The highest BCUT2D eigenvalue weighted by Crippen LogP contribution is 2.37. The average Bonchev–Trinajstić information content (AvgIpc) is 2.81. The molecule has 0 saturated carbocycles. The van der Waals surface area contributed by atoms with Crippen molar-refractivity contribution in [3.63, 3.8) is 0 Å². The summed E-state index contributed by atoms with van der Waals surface area (Å²) >= 11 is 9.85. The SMILES string of the molecule is CCCc1nc2ccc(Br)cc2c(=O)n1N=Cc1cc(Cl)c(O[C@@H](C)C(=O)OC)c(OCC)c1. The van der Waals surface area contributed by atoms with Crippen molar-refractivity contribution in [3.8, 4) is 11.5 Å². The Balaban J connectivity index is 2.05. The Hall–Kier alpha value is -2.91. The first-order valence-electron chi connectivity index (χ1n) is 10.7. The van der Waals surface area contributed by atoms with Gasteiger partial charge in [-0.25, -0.2) is 9.78 Å². The summed E-state index contributed by atoms with van der Waals surface area (Å²) in [6.07, 6.45) is 2.02. The van der Waals surface area contributed by atoms with Crippen LogP contribution in [-0.2, 0) is 16.0 Å². The normalized spacial score (nSPS) is 12.2. The monoisotopic (exact) mass is 549 g/mol. The van der Waals surface area contributed by atoms with Gasteiger partial charge in [0.2, 0.25) is 0 Å². The predicted octanol–water partition coefficient (Wildman–Crippen LogP) is 4.99. The van der Waals surface area contributed by atoms with Crippen LogP contribution in [0, 0.1) is 0 Å². The van der Waals surface area contributed by atoms with Gasteiger partial charge < -0.3 is 14.2 Å². The molecule has 180 valence electrons. The standard InChI is InChI=1S/C24H25BrClN3O5/c1-5-7-21-28-19-9-8-16(25)12-17(19)23(30)29(21)27-13-15-10-18(26)22(20(11-15)33-6-2)34-14(3)24(31)32-4/h8-14H,5-7H2,1-4H3/t14-/m0/s1. The number of nitrogens with zero attached hydrogens (tertiary/aromatic N) is 3. The van der Waals surface area contributed by atoms with E-state index in [-0.39, 0.29) is 16.3 Å². The Morgan fingerprint density at radius 3 is 2.74 bits per heavy atom. The smallest absolute Gasteiger partial charge is 0.346 e. The van der Waals surface area contributed by atoms with Gasteiger partial charge in [0.15, 0.2) is 17.6 Å². The molecule has 0 spiro atoms. The first kappa shape index (κ1) is 25.7. The lowest BCUT2D eigenvalue weighted by atomic mass is 10.2. The van der Waals surface area contributed by atoms with Crippen molar-refractivity contribution in [2.24, 2.45) is 5.10 Å². The number of fused-ring (bicyclic) bond motifs is 1. The van der Waals surface area contributed by atoms with Crippen molar-refractivity contribution in [2.45, 2.75) is 39.7 Å².